The van der Waals surface area contributed by atoms with Crippen LogP contribution < -0.4 is 18.7 Å². The Morgan fingerprint density at radius 2 is 0.912 bits per heavy atom. The maximum absolute atomic E-state index is 14.6. The highest BCUT2D eigenvalue weighted by Gasteiger charge is 2.49. The molecule has 0 aromatic heterocycles. The molecule has 2 saturated heterocycles. The summed E-state index contributed by atoms with van der Waals surface area (Å²) in [6.07, 6.45) is 0.435. The molecule has 2 aliphatic rings. The summed E-state index contributed by atoms with van der Waals surface area (Å²) >= 11 is 2.29. The van der Waals surface area contributed by atoms with Crippen molar-refractivity contribution in [1.29, 1.82) is 0 Å². The molecule has 0 amide bonds. The topological polar surface area (TPSA) is 99.7 Å². The summed E-state index contributed by atoms with van der Waals surface area (Å²) in [5.41, 5.74) is 3.45. The number of anilines is 4. The summed E-state index contributed by atoms with van der Waals surface area (Å²) in [5.74, 6) is -1.37. The van der Waals surface area contributed by atoms with Gasteiger partial charge in [0.2, 0.25) is 0 Å². The number of carbonyl (C=O) groups excluding carboxylic acids is 2. The Hall–Kier alpha value is -4.31. The lowest BCUT2D eigenvalue weighted by Crippen LogP contribution is -2.27. The molecule has 6 rings (SSSR count). The number of para-hydroxylation sites is 4. The quantitative estimate of drug-likeness (QED) is 0.0558. The number of hydrogen-bond donors (Lipinski definition) is 0. The van der Waals surface area contributed by atoms with Gasteiger partial charge in [0.05, 0.1) is 25.6 Å². The lowest BCUT2D eigenvalue weighted by atomic mass is 10.1. The van der Waals surface area contributed by atoms with Crippen LogP contribution in [0.5, 0.6) is 0 Å². The van der Waals surface area contributed by atoms with Gasteiger partial charge < -0.3 is 28.2 Å². The third kappa shape index (κ3) is 10.6. The molecule has 0 radical (unpaired) electrons. The fourth-order valence-electron chi connectivity index (χ4n) is 6.84. The van der Waals surface area contributed by atoms with Gasteiger partial charge in [0, 0.05) is 59.6 Å². The normalized spacial score (nSPS) is 15.7. The van der Waals surface area contributed by atoms with E-state index in [1.807, 2.05) is 147 Å². The number of carbonyl (C=O) groups is 2. The fraction of sp³-hybridized carbons (Fsp3) is 0.318. The molecule has 0 aliphatic carbocycles. The van der Waals surface area contributed by atoms with Crippen LogP contribution >= 0.6 is 37.5 Å². The SMILES string of the molecule is C=C(C(CC)C(=O)OCC)P1(=O)N(c2ccccc2)CCN1c1ccccc1.C=C(CC(=O)OCC)P1(=O)N(c2ccccc2)CCN1c1ccccc1.CCI. The number of hydrogen-bond acceptors (Lipinski definition) is 6. The number of rotatable bonds is 13. The zero-order valence-electron chi connectivity index (χ0n) is 33.4. The van der Waals surface area contributed by atoms with Crippen LogP contribution in [0.3, 0.4) is 0 Å². The van der Waals surface area contributed by atoms with Crippen molar-refractivity contribution in [2.45, 2.75) is 40.5 Å². The van der Waals surface area contributed by atoms with Crippen LogP contribution in [0, 0.1) is 5.92 Å². The van der Waals surface area contributed by atoms with Crippen LogP contribution in [-0.2, 0) is 28.2 Å². The molecule has 4 aromatic carbocycles. The molecule has 2 fully saturated rings. The largest absolute Gasteiger partial charge is 0.466 e. The smallest absolute Gasteiger partial charge is 0.313 e. The van der Waals surface area contributed by atoms with E-state index in [1.165, 1.54) is 4.43 Å². The molecule has 2 aliphatic heterocycles. The Morgan fingerprint density at radius 1 is 0.596 bits per heavy atom. The second kappa shape index (κ2) is 22.0. The Balaban J connectivity index is 0.000000237. The molecular weight excluding hydrogens is 869 g/mol. The van der Waals surface area contributed by atoms with Crippen molar-refractivity contribution < 1.29 is 28.2 Å². The van der Waals surface area contributed by atoms with E-state index in [2.05, 4.69) is 42.7 Å². The Kier molecular flexibility index (Phi) is 17.5. The van der Waals surface area contributed by atoms with E-state index in [0.717, 1.165) is 22.7 Å². The predicted molar refractivity (Wildman–Crippen MR) is 245 cm³/mol. The lowest BCUT2D eigenvalue weighted by Gasteiger charge is -2.35. The van der Waals surface area contributed by atoms with Crippen molar-refractivity contribution in [1.82, 2.24) is 0 Å². The minimum absolute atomic E-state index is 0.0578. The highest BCUT2D eigenvalue weighted by atomic mass is 127. The van der Waals surface area contributed by atoms with Gasteiger partial charge in [-0.05, 0) is 73.2 Å². The van der Waals surface area contributed by atoms with Gasteiger partial charge in [0.1, 0.15) is 0 Å². The third-order valence-corrected chi connectivity index (χ3v) is 15.8. The first-order valence-corrected chi connectivity index (χ1v) is 24.1. The first-order chi connectivity index (χ1) is 27.5. The zero-order valence-corrected chi connectivity index (χ0v) is 37.4. The molecule has 1 unspecified atom stereocenters. The van der Waals surface area contributed by atoms with E-state index in [0.29, 0.717) is 49.8 Å². The van der Waals surface area contributed by atoms with Crippen LogP contribution in [0.25, 0.3) is 0 Å². The summed E-state index contributed by atoms with van der Waals surface area (Å²) in [7, 11) is -6.54. The van der Waals surface area contributed by atoms with E-state index >= 15 is 0 Å². The standard InChI is InChI=1S/C22H27N2O3P.C20H23N2O3P.C2H5I/c1-4-21(22(25)27-5-2)18(3)28(26)23(19-12-8-6-9-13-19)16-17-24(28)20-14-10-7-11-15-20;1-3-25-20(23)16-17(2)26(24)21(18-10-6-4-7-11-18)14-15-22(26)19-12-8-5-9-13-19;1-2-3/h6-15,21H,3-5,16-17H2,1-2H3;4-13H,2-3,14-16H2,1H3;2H2,1H3. The van der Waals surface area contributed by atoms with Gasteiger partial charge in [-0.3, -0.25) is 18.7 Å². The molecule has 57 heavy (non-hydrogen) atoms. The third-order valence-electron chi connectivity index (χ3n) is 9.39. The minimum atomic E-state index is -3.30. The van der Waals surface area contributed by atoms with E-state index in [-0.39, 0.29) is 19.0 Å². The summed E-state index contributed by atoms with van der Waals surface area (Å²) in [4.78, 5) is 24.6. The van der Waals surface area contributed by atoms with Gasteiger partial charge in [-0.2, -0.15) is 0 Å². The van der Waals surface area contributed by atoms with Gasteiger partial charge >= 0.3 is 11.9 Å². The second-order valence-electron chi connectivity index (χ2n) is 12.9. The average molecular weight is 925 g/mol. The highest BCUT2D eigenvalue weighted by molar-refractivity contribution is 14.1. The Morgan fingerprint density at radius 3 is 1.21 bits per heavy atom. The van der Waals surface area contributed by atoms with E-state index in [9.17, 15) is 18.7 Å². The summed E-state index contributed by atoms with van der Waals surface area (Å²) in [6.45, 7) is 18.7. The maximum atomic E-state index is 14.6. The van der Waals surface area contributed by atoms with Gasteiger partial charge in [-0.15, -0.1) is 0 Å². The summed E-state index contributed by atoms with van der Waals surface area (Å²) < 4.78 is 48.0. The number of esters is 2. The molecule has 2 heterocycles. The molecule has 0 spiro atoms. The number of ether oxygens (including phenoxy) is 2. The summed E-state index contributed by atoms with van der Waals surface area (Å²) in [5, 5.41) is 0.819. The number of alkyl halides is 1. The number of benzene rings is 4. The minimum Gasteiger partial charge on any atom is -0.466 e. The van der Waals surface area contributed by atoms with Gasteiger partial charge in [0.15, 0.2) is 0 Å². The molecule has 10 nitrogen and oxygen atoms in total. The van der Waals surface area contributed by atoms with Crippen LogP contribution in [0.1, 0.15) is 40.5 Å². The lowest BCUT2D eigenvalue weighted by molar-refractivity contribution is -0.146. The molecular formula is C44H55IN4O6P2. The van der Waals surface area contributed by atoms with Gasteiger partial charge in [-0.1, -0.05) is 122 Å². The molecule has 0 N–H and O–H groups in total. The van der Waals surface area contributed by atoms with Gasteiger partial charge in [-0.25, -0.2) is 0 Å². The Labute approximate surface area is 352 Å². The van der Waals surface area contributed by atoms with E-state index in [1.54, 1.807) is 13.8 Å². The van der Waals surface area contributed by atoms with Crippen molar-refractivity contribution in [2.75, 3.05) is 62.5 Å². The molecule has 304 valence electrons. The van der Waals surface area contributed by atoms with Crippen molar-refractivity contribution in [3.8, 4) is 0 Å². The van der Waals surface area contributed by atoms with Crippen molar-refractivity contribution in [3.63, 3.8) is 0 Å². The van der Waals surface area contributed by atoms with E-state index in [4.69, 9.17) is 9.47 Å². The second-order valence-corrected chi connectivity index (χ2v) is 19.8. The average Bonchev–Trinajstić information content (AvgIpc) is 3.78. The first kappa shape index (κ1) is 45.4. The molecule has 4 aromatic rings. The van der Waals surface area contributed by atoms with E-state index < -0.39 is 26.8 Å². The van der Waals surface area contributed by atoms with Crippen LogP contribution in [0.2, 0.25) is 0 Å². The molecule has 0 saturated carbocycles. The van der Waals surface area contributed by atoms with Crippen molar-refractivity contribution in [2.24, 2.45) is 5.92 Å². The Bertz CT molecular complexity index is 1900. The maximum Gasteiger partial charge on any atom is 0.313 e. The highest BCUT2D eigenvalue weighted by Crippen LogP contribution is 2.67. The summed E-state index contributed by atoms with van der Waals surface area (Å²) in [6, 6.07) is 38.6. The first-order valence-electron chi connectivity index (χ1n) is 19.3. The number of nitrogens with zero attached hydrogens (tertiary/aromatic N) is 4. The van der Waals surface area contributed by atoms with Crippen LogP contribution in [0.4, 0.5) is 22.7 Å². The fourth-order valence-corrected chi connectivity index (χ4v) is 12.9. The molecule has 0 bridgehead atoms. The van der Waals surface area contributed by atoms with Gasteiger partial charge in [0.25, 0.3) is 14.9 Å². The van der Waals surface area contributed by atoms with Crippen molar-refractivity contribution >= 4 is 72.2 Å². The predicted octanol–water partition coefficient (Wildman–Crippen LogP) is 11.4. The number of halogens is 1. The monoisotopic (exact) mass is 924 g/mol. The van der Waals surface area contributed by atoms with Crippen LogP contribution in [-0.4, -0.2) is 55.8 Å². The zero-order chi connectivity index (χ0) is 41.4. The molecule has 13 heteroatoms. The van der Waals surface area contributed by atoms with Crippen molar-refractivity contribution in [3.05, 3.63) is 145 Å². The molecule has 1 atom stereocenters. The van der Waals surface area contributed by atoms with Crippen LogP contribution in [0.15, 0.2) is 145 Å².